The van der Waals surface area contributed by atoms with E-state index in [9.17, 15) is 0 Å². The van der Waals surface area contributed by atoms with Crippen molar-refractivity contribution in [1.82, 2.24) is 0 Å². The molecular weight excluding hydrogens is 424 g/mol. The summed E-state index contributed by atoms with van der Waals surface area (Å²) < 4.78 is 6.20. The molecule has 184 valence electrons. The van der Waals surface area contributed by atoms with Crippen LogP contribution in [0, 0.1) is 5.92 Å². The number of ether oxygens (including phenoxy) is 1. The van der Waals surface area contributed by atoms with Gasteiger partial charge in [0, 0.05) is 7.11 Å². The van der Waals surface area contributed by atoms with Crippen LogP contribution in [0.5, 0.6) is 0 Å². The largest absolute Gasteiger partial charge is 0.376 e. The molecule has 0 aliphatic heterocycles. The van der Waals surface area contributed by atoms with Gasteiger partial charge in [0.15, 0.2) is 0 Å². The van der Waals surface area contributed by atoms with Crippen molar-refractivity contribution in [3.63, 3.8) is 0 Å². The summed E-state index contributed by atoms with van der Waals surface area (Å²) in [5.74, 6) is 0.484. The van der Waals surface area contributed by atoms with Crippen molar-refractivity contribution in [2.45, 2.75) is 91.1 Å². The zero-order valence-electron chi connectivity index (χ0n) is 23.0. The number of methoxy groups -OCH3 is 1. The first-order valence-electron chi connectivity index (χ1n) is 13.5. The number of hydrogen-bond acceptors (Lipinski definition) is 1. The van der Waals surface area contributed by atoms with E-state index in [1.165, 1.54) is 57.3 Å². The molecule has 5 rings (SSSR count). The molecule has 2 aliphatic rings. The molecule has 1 heteroatoms. The molecule has 0 saturated heterocycles. The summed E-state index contributed by atoms with van der Waals surface area (Å²) in [5.41, 5.74) is 15.0. The summed E-state index contributed by atoms with van der Waals surface area (Å²) >= 11 is 0. The lowest BCUT2D eigenvalue weighted by atomic mass is 9.81. The highest BCUT2D eigenvalue weighted by Gasteiger charge is 2.38. The van der Waals surface area contributed by atoms with Gasteiger partial charge in [-0.1, -0.05) is 97.0 Å². The van der Waals surface area contributed by atoms with Gasteiger partial charge in [0.05, 0.1) is 6.10 Å². The molecule has 3 aromatic rings. The van der Waals surface area contributed by atoms with Crippen LogP contribution in [0.2, 0.25) is 0 Å². The van der Waals surface area contributed by atoms with Crippen molar-refractivity contribution in [1.29, 1.82) is 0 Å². The average Bonchev–Trinajstić information content (AvgIpc) is 3.40. The first-order chi connectivity index (χ1) is 16.5. The quantitative estimate of drug-likeness (QED) is 0.374. The predicted octanol–water partition coefficient (Wildman–Crippen LogP) is 8.98. The van der Waals surface area contributed by atoms with Crippen LogP contribution in [0.15, 0.2) is 48.5 Å². The molecule has 0 aromatic heterocycles. The second kappa shape index (κ2) is 8.63. The monoisotopic (exact) mass is 466 g/mol. The maximum Gasteiger partial charge on any atom is 0.0858 e. The lowest BCUT2D eigenvalue weighted by Crippen LogP contribution is -2.11. The molecule has 0 saturated carbocycles. The Balaban J connectivity index is 1.74. The Hall–Kier alpha value is -2.38. The number of fused-ring (bicyclic) bond motifs is 2. The molecule has 1 unspecified atom stereocenters. The van der Waals surface area contributed by atoms with E-state index in [0.717, 1.165) is 12.8 Å². The lowest BCUT2D eigenvalue weighted by molar-refractivity contribution is 0.0698. The maximum atomic E-state index is 6.20. The molecular formula is C34H42O. The van der Waals surface area contributed by atoms with Crippen LogP contribution in [0.25, 0.3) is 22.3 Å². The van der Waals surface area contributed by atoms with Crippen LogP contribution in [0.4, 0.5) is 0 Å². The minimum Gasteiger partial charge on any atom is -0.376 e. The summed E-state index contributed by atoms with van der Waals surface area (Å²) in [6.45, 7) is 16.1. The van der Waals surface area contributed by atoms with Gasteiger partial charge < -0.3 is 4.74 Å². The zero-order chi connectivity index (χ0) is 25.1. The van der Waals surface area contributed by atoms with Crippen LogP contribution in [0.1, 0.15) is 94.4 Å². The smallest absolute Gasteiger partial charge is 0.0858 e. The van der Waals surface area contributed by atoms with Gasteiger partial charge in [0.1, 0.15) is 0 Å². The molecule has 0 heterocycles. The molecule has 0 radical (unpaired) electrons. The third-order valence-electron chi connectivity index (χ3n) is 8.38. The van der Waals surface area contributed by atoms with Crippen molar-refractivity contribution >= 4 is 0 Å². The van der Waals surface area contributed by atoms with Gasteiger partial charge in [-0.2, -0.15) is 0 Å². The normalized spacial score (nSPS) is 19.7. The Morgan fingerprint density at radius 3 is 1.57 bits per heavy atom. The highest BCUT2D eigenvalue weighted by Crippen LogP contribution is 2.52. The fraction of sp³-hybridized carbons (Fsp3) is 0.471. The standard InChI is InChI=1S/C34H42O/c1-21-20-28-29(22-12-16-24(17-13-22)33(2,3)4)26-10-9-11-27(26)30(31(28)32(21)35-8)23-14-18-25(19-15-23)34(5,6)7/h12-19,21,32H,9-11,20H2,1-8H3/t21-,32?/m1/s1. The third-order valence-corrected chi connectivity index (χ3v) is 8.38. The highest BCUT2D eigenvalue weighted by molar-refractivity contribution is 5.85. The highest BCUT2D eigenvalue weighted by atomic mass is 16.5. The predicted molar refractivity (Wildman–Crippen MR) is 149 cm³/mol. The maximum absolute atomic E-state index is 6.20. The van der Waals surface area contributed by atoms with Crippen LogP contribution in [-0.4, -0.2) is 7.11 Å². The van der Waals surface area contributed by atoms with Crippen LogP contribution >= 0.6 is 0 Å². The minimum atomic E-state index is 0.154. The Kier molecular flexibility index (Phi) is 5.99. The van der Waals surface area contributed by atoms with Crippen molar-refractivity contribution < 1.29 is 4.74 Å². The van der Waals surface area contributed by atoms with E-state index < -0.39 is 0 Å². The van der Waals surface area contributed by atoms with E-state index in [2.05, 4.69) is 97.0 Å². The molecule has 0 N–H and O–H groups in total. The fourth-order valence-electron chi connectivity index (χ4n) is 6.47. The topological polar surface area (TPSA) is 9.23 Å². The van der Waals surface area contributed by atoms with E-state index in [-0.39, 0.29) is 16.9 Å². The SMILES string of the molecule is COC1c2c(c(-c3ccc(C(C)(C)C)cc3)c3c(c2-c2ccc(C(C)(C)C)cc2)CCC3)C[C@H]1C. The minimum absolute atomic E-state index is 0.154. The molecule has 1 nitrogen and oxygen atoms in total. The van der Waals surface area contributed by atoms with Gasteiger partial charge in [-0.25, -0.2) is 0 Å². The van der Waals surface area contributed by atoms with E-state index in [1.807, 2.05) is 7.11 Å². The second-order valence-electron chi connectivity index (χ2n) is 12.9. The van der Waals surface area contributed by atoms with Crippen molar-refractivity contribution in [2.75, 3.05) is 7.11 Å². The van der Waals surface area contributed by atoms with E-state index in [1.54, 1.807) is 11.1 Å². The van der Waals surface area contributed by atoms with E-state index in [0.29, 0.717) is 5.92 Å². The lowest BCUT2D eigenvalue weighted by Gasteiger charge is -2.25. The molecule has 35 heavy (non-hydrogen) atoms. The van der Waals surface area contributed by atoms with E-state index >= 15 is 0 Å². The van der Waals surface area contributed by atoms with Crippen LogP contribution in [-0.2, 0) is 34.8 Å². The Morgan fingerprint density at radius 2 is 1.11 bits per heavy atom. The van der Waals surface area contributed by atoms with Crippen molar-refractivity contribution in [2.24, 2.45) is 5.92 Å². The molecule has 0 spiro atoms. The first kappa shape index (κ1) is 24.3. The zero-order valence-corrected chi connectivity index (χ0v) is 23.0. The molecule has 2 aliphatic carbocycles. The summed E-state index contributed by atoms with van der Waals surface area (Å²) in [6, 6.07) is 18.8. The molecule has 2 atom stereocenters. The molecule has 0 fully saturated rings. The summed E-state index contributed by atoms with van der Waals surface area (Å²) in [6.07, 6.45) is 4.83. The Bertz CT molecular complexity index is 1230. The van der Waals surface area contributed by atoms with Crippen LogP contribution < -0.4 is 0 Å². The Labute approximate surface area is 212 Å². The Morgan fingerprint density at radius 1 is 0.657 bits per heavy atom. The van der Waals surface area contributed by atoms with Gasteiger partial charge in [0.25, 0.3) is 0 Å². The third kappa shape index (κ3) is 4.16. The molecule has 3 aromatic carbocycles. The number of rotatable bonds is 3. The first-order valence-corrected chi connectivity index (χ1v) is 13.5. The van der Waals surface area contributed by atoms with E-state index in [4.69, 9.17) is 4.74 Å². The molecule has 0 bridgehead atoms. The summed E-state index contributed by atoms with van der Waals surface area (Å²) in [4.78, 5) is 0. The summed E-state index contributed by atoms with van der Waals surface area (Å²) in [7, 11) is 1.90. The average molecular weight is 467 g/mol. The van der Waals surface area contributed by atoms with Crippen molar-refractivity contribution in [3.8, 4) is 22.3 Å². The summed E-state index contributed by atoms with van der Waals surface area (Å²) in [5, 5.41) is 0. The second-order valence-corrected chi connectivity index (χ2v) is 12.9. The molecule has 0 amide bonds. The van der Waals surface area contributed by atoms with Gasteiger partial charge in [-0.15, -0.1) is 0 Å². The van der Waals surface area contributed by atoms with Gasteiger partial charge in [0.2, 0.25) is 0 Å². The van der Waals surface area contributed by atoms with Gasteiger partial charge >= 0.3 is 0 Å². The van der Waals surface area contributed by atoms with Gasteiger partial charge in [-0.05, 0) is 98.1 Å². The number of benzene rings is 3. The van der Waals surface area contributed by atoms with Crippen molar-refractivity contribution in [3.05, 3.63) is 81.9 Å². The van der Waals surface area contributed by atoms with Crippen LogP contribution in [0.3, 0.4) is 0 Å². The number of hydrogen-bond donors (Lipinski definition) is 0. The fourth-order valence-corrected chi connectivity index (χ4v) is 6.47. The van der Waals surface area contributed by atoms with Gasteiger partial charge in [-0.3, -0.25) is 0 Å².